The maximum atomic E-state index is 12.3. The van der Waals surface area contributed by atoms with E-state index in [0.29, 0.717) is 6.42 Å². The van der Waals surface area contributed by atoms with Gasteiger partial charge >= 0.3 is 0 Å². The maximum Gasteiger partial charge on any atom is 0.224 e. The van der Waals surface area contributed by atoms with E-state index in [4.69, 9.17) is 4.74 Å². The van der Waals surface area contributed by atoms with Crippen LogP contribution >= 0.6 is 0 Å². The number of aliphatic hydroxyl groups is 1. The molecular formula is C20H25NO3. The van der Waals surface area contributed by atoms with Crippen LogP contribution in [0.25, 0.3) is 0 Å². The van der Waals surface area contributed by atoms with E-state index in [2.05, 4.69) is 5.32 Å². The van der Waals surface area contributed by atoms with Gasteiger partial charge in [-0.25, -0.2) is 0 Å². The molecule has 2 aromatic carbocycles. The van der Waals surface area contributed by atoms with Gasteiger partial charge in [-0.05, 0) is 49.6 Å². The minimum atomic E-state index is -0.765. The molecule has 24 heavy (non-hydrogen) atoms. The van der Waals surface area contributed by atoms with Crippen molar-refractivity contribution in [2.24, 2.45) is 0 Å². The first-order chi connectivity index (χ1) is 11.4. The van der Waals surface area contributed by atoms with Crippen LogP contribution in [0.2, 0.25) is 0 Å². The van der Waals surface area contributed by atoms with E-state index in [1.807, 2.05) is 32.0 Å². The Morgan fingerprint density at radius 3 is 2.46 bits per heavy atom. The van der Waals surface area contributed by atoms with Gasteiger partial charge in [0.1, 0.15) is 5.75 Å². The summed E-state index contributed by atoms with van der Waals surface area (Å²) in [5.74, 6) is 0.640. The van der Waals surface area contributed by atoms with Crippen molar-refractivity contribution in [1.29, 1.82) is 0 Å². The van der Waals surface area contributed by atoms with Gasteiger partial charge < -0.3 is 15.2 Å². The zero-order chi connectivity index (χ0) is 17.7. The fourth-order valence-electron chi connectivity index (χ4n) is 2.64. The SMILES string of the molecule is COc1ccc(C(O)C(C)NC(=O)Cc2cc(C)ccc2C)cc1. The molecule has 0 heterocycles. The van der Waals surface area contributed by atoms with Gasteiger partial charge in [-0.15, -0.1) is 0 Å². The van der Waals surface area contributed by atoms with Crippen LogP contribution in [-0.4, -0.2) is 24.2 Å². The largest absolute Gasteiger partial charge is 0.497 e. The predicted octanol–water partition coefficient (Wildman–Crippen LogP) is 3.09. The van der Waals surface area contributed by atoms with Crippen LogP contribution in [0.15, 0.2) is 42.5 Å². The zero-order valence-corrected chi connectivity index (χ0v) is 14.7. The first-order valence-corrected chi connectivity index (χ1v) is 8.08. The van der Waals surface area contributed by atoms with Crippen LogP contribution in [0.4, 0.5) is 0 Å². The Morgan fingerprint density at radius 2 is 1.83 bits per heavy atom. The van der Waals surface area contributed by atoms with Crippen LogP contribution in [0, 0.1) is 13.8 Å². The van der Waals surface area contributed by atoms with Gasteiger partial charge in [0.25, 0.3) is 0 Å². The highest BCUT2D eigenvalue weighted by Crippen LogP contribution is 2.20. The summed E-state index contributed by atoms with van der Waals surface area (Å²) in [6.45, 7) is 5.81. The first kappa shape index (κ1) is 18.0. The lowest BCUT2D eigenvalue weighted by Gasteiger charge is -2.21. The van der Waals surface area contributed by atoms with Crippen LogP contribution in [0.5, 0.6) is 5.75 Å². The molecule has 4 nitrogen and oxygen atoms in total. The molecule has 2 unspecified atom stereocenters. The molecule has 128 valence electrons. The molecule has 0 spiro atoms. The molecule has 0 aliphatic rings. The van der Waals surface area contributed by atoms with Crippen molar-refractivity contribution in [3.63, 3.8) is 0 Å². The monoisotopic (exact) mass is 327 g/mol. The van der Waals surface area contributed by atoms with E-state index in [-0.39, 0.29) is 11.9 Å². The van der Waals surface area contributed by atoms with E-state index in [1.165, 1.54) is 0 Å². The number of carbonyl (C=O) groups is 1. The van der Waals surface area contributed by atoms with Gasteiger partial charge in [-0.2, -0.15) is 0 Å². The molecule has 2 aromatic rings. The Balaban J connectivity index is 1.98. The Labute approximate surface area is 143 Å². The molecule has 1 amide bonds. The fraction of sp³-hybridized carbons (Fsp3) is 0.350. The van der Waals surface area contributed by atoms with Gasteiger partial charge in [0.15, 0.2) is 0 Å². The van der Waals surface area contributed by atoms with E-state index < -0.39 is 6.10 Å². The van der Waals surface area contributed by atoms with Crippen molar-refractivity contribution in [2.45, 2.75) is 39.3 Å². The summed E-state index contributed by atoms with van der Waals surface area (Å²) in [5, 5.41) is 13.3. The van der Waals surface area contributed by atoms with Crippen LogP contribution in [-0.2, 0) is 11.2 Å². The summed E-state index contributed by atoms with van der Waals surface area (Å²) in [4.78, 5) is 12.3. The summed E-state index contributed by atoms with van der Waals surface area (Å²) < 4.78 is 5.11. The number of aliphatic hydroxyl groups excluding tert-OH is 1. The lowest BCUT2D eigenvalue weighted by atomic mass is 10.0. The van der Waals surface area contributed by atoms with Crippen molar-refractivity contribution in [2.75, 3.05) is 7.11 Å². The van der Waals surface area contributed by atoms with Gasteiger partial charge in [-0.1, -0.05) is 35.9 Å². The van der Waals surface area contributed by atoms with E-state index >= 15 is 0 Å². The summed E-state index contributed by atoms with van der Waals surface area (Å²) in [5.41, 5.74) is 3.99. The van der Waals surface area contributed by atoms with Crippen molar-refractivity contribution in [1.82, 2.24) is 5.32 Å². The third-order valence-electron chi connectivity index (χ3n) is 4.18. The molecule has 4 heteroatoms. The Morgan fingerprint density at radius 1 is 1.17 bits per heavy atom. The van der Waals surface area contributed by atoms with Gasteiger partial charge in [0, 0.05) is 0 Å². The van der Waals surface area contributed by atoms with E-state index in [1.54, 1.807) is 38.3 Å². The number of carbonyl (C=O) groups excluding carboxylic acids is 1. The molecule has 0 saturated heterocycles. The number of amides is 1. The topological polar surface area (TPSA) is 58.6 Å². The fourth-order valence-corrected chi connectivity index (χ4v) is 2.64. The number of ether oxygens (including phenoxy) is 1. The van der Waals surface area contributed by atoms with Crippen molar-refractivity contribution in [3.05, 3.63) is 64.7 Å². The summed E-state index contributed by atoms with van der Waals surface area (Å²) in [7, 11) is 1.60. The summed E-state index contributed by atoms with van der Waals surface area (Å²) in [6.07, 6.45) is -0.453. The number of hydrogen-bond acceptors (Lipinski definition) is 3. The van der Waals surface area contributed by atoms with Crippen LogP contribution < -0.4 is 10.1 Å². The first-order valence-electron chi connectivity index (χ1n) is 8.08. The van der Waals surface area contributed by atoms with Crippen LogP contribution in [0.3, 0.4) is 0 Å². The number of aryl methyl sites for hydroxylation is 2. The minimum absolute atomic E-state index is 0.0937. The smallest absolute Gasteiger partial charge is 0.224 e. The van der Waals surface area contributed by atoms with Crippen molar-refractivity contribution >= 4 is 5.91 Å². The molecular weight excluding hydrogens is 302 g/mol. The molecule has 0 saturated carbocycles. The summed E-state index contributed by atoms with van der Waals surface area (Å²) in [6, 6.07) is 12.9. The highest BCUT2D eigenvalue weighted by Gasteiger charge is 2.19. The van der Waals surface area contributed by atoms with Gasteiger partial charge in [-0.3, -0.25) is 4.79 Å². The Hall–Kier alpha value is -2.33. The average molecular weight is 327 g/mol. The van der Waals surface area contributed by atoms with Gasteiger partial charge in [0.05, 0.1) is 25.7 Å². The molecule has 0 aromatic heterocycles. The molecule has 2 atom stereocenters. The Kier molecular flexibility index (Phi) is 5.99. The minimum Gasteiger partial charge on any atom is -0.497 e. The van der Waals surface area contributed by atoms with Crippen molar-refractivity contribution < 1.29 is 14.6 Å². The molecule has 2 N–H and O–H groups in total. The highest BCUT2D eigenvalue weighted by atomic mass is 16.5. The lowest BCUT2D eigenvalue weighted by molar-refractivity contribution is -0.121. The van der Waals surface area contributed by atoms with E-state index in [0.717, 1.165) is 28.0 Å². The average Bonchev–Trinajstić information content (AvgIpc) is 2.57. The lowest BCUT2D eigenvalue weighted by Crippen LogP contribution is -2.38. The molecule has 0 bridgehead atoms. The number of benzene rings is 2. The molecule has 0 radical (unpaired) electrons. The molecule has 2 rings (SSSR count). The highest BCUT2D eigenvalue weighted by molar-refractivity contribution is 5.79. The normalized spacial score (nSPS) is 13.2. The predicted molar refractivity (Wildman–Crippen MR) is 95.2 cm³/mol. The van der Waals surface area contributed by atoms with Gasteiger partial charge in [0.2, 0.25) is 5.91 Å². The number of hydrogen-bond donors (Lipinski definition) is 2. The summed E-state index contributed by atoms with van der Waals surface area (Å²) >= 11 is 0. The standard InChI is InChI=1S/C20H25NO3/c1-13-5-6-14(2)17(11-13)12-19(22)21-15(3)20(23)16-7-9-18(24-4)10-8-16/h5-11,15,20,23H,12H2,1-4H3,(H,21,22). The van der Waals surface area contributed by atoms with Crippen LogP contribution in [0.1, 0.15) is 35.3 Å². The zero-order valence-electron chi connectivity index (χ0n) is 14.7. The molecule has 0 aliphatic carbocycles. The van der Waals surface area contributed by atoms with E-state index in [9.17, 15) is 9.90 Å². The second kappa shape index (κ2) is 7.97. The maximum absolute atomic E-state index is 12.3. The third-order valence-corrected chi connectivity index (χ3v) is 4.18. The number of rotatable bonds is 6. The third kappa shape index (κ3) is 4.59. The second-order valence-corrected chi connectivity index (χ2v) is 6.18. The number of nitrogens with one attached hydrogen (secondary N) is 1. The molecule has 0 fully saturated rings. The Bertz CT molecular complexity index is 695. The quantitative estimate of drug-likeness (QED) is 0.857. The number of methoxy groups -OCH3 is 1. The second-order valence-electron chi connectivity index (χ2n) is 6.18. The molecule has 0 aliphatic heterocycles. The van der Waals surface area contributed by atoms with Crippen molar-refractivity contribution in [3.8, 4) is 5.75 Å².